The van der Waals surface area contributed by atoms with Gasteiger partial charge in [0.25, 0.3) is 23.6 Å². The molecule has 0 radical (unpaired) electrons. The summed E-state index contributed by atoms with van der Waals surface area (Å²) in [6, 6.07) is 16.1. The number of amides is 4. The van der Waals surface area contributed by atoms with Crippen LogP contribution < -0.4 is 21.3 Å². The normalized spacial score (nSPS) is 12.2. The van der Waals surface area contributed by atoms with E-state index in [1.54, 1.807) is 12.1 Å². The Balaban J connectivity index is 1.27. The van der Waals surface area contributed by atoms with Crippen LogP contribution in [0.3, 0.4) is 0 Å². The molecule has 0 saturated heterocycles. The Morgan fingerprint density at radius 3 is 1.26 bits per heavy atom. The average molecular weight is 998 g/mol. The molecule has 5 aromatic carbocycles. The summed E-state index contributed by atoms with van der Waals surface area (Å²) in [6.07, 6.45) is 0. The lowest BCUT2D eigenvalue weighted by molar-refractivity contribution is -0.127. The van der Waals surface area contributed by atoms with Crippen LogP contribution in [0.25, 0.3) is 0 Å². The largest absolute Gasteiger partial charge is 0.324 e. The highest BCUT2D eigenvalue weighted by atomic mass is 35.5. The van der Waals surface area contributed by atoms with E-state index in [-0.39, 0.29) is 75.4 Å². The maximum Gasteiger partial charge on any atom is 0.258 e. The Morgan fingerprint density at radius 1 is 0.452 bits per heavy atom. The third-order valence-electron chi connectivity index (χ3n) is 8.04. The lowest BCUT2D eigenvalue weighted by Crippen LogP contribution is -2.32. The number of benzene rings is 5. The molecule has 5 rings (SSSR count). The van der Waals surface area contributed by atoms with Crippen molar-refractivity contribution in [2.75, 3.05) is 21.3 Å². The number of nitrogens with zero attached hydrogens (tertiary/aromatic N) is 4. The number of carbonyl (C=O) groups excluding carboxylic acids is 6. The molecule has 4 N–H and O–H groups in total. The van der Waals surface area contributed by atoms with Gasteiger partial charge in [-0.15, -0.1) is 0 Å². The first-order chi connectivity index (χ1) is 29.3. The zero-order chi connectivity index (χ0) is 45.4. The van der Waals surface area contributed by atoms with E-state index < -0.39 is 47.3 Å². The molecule has 0 aliphatic heterocycles. The maximum atomic E-state index is 13.3. The summed E-state index contributed by atoms with van der Waals surface area (Å²) in [5.74, 6) is -4.57. The van der Waals surface area contributed by atoms with Gasteiger partial charge in [0.2, 0.25) is 12.1 Å². The van der Waals surface area contributed by atoms with Crippen molar-refractivity contribution in [2.45, 2.75) is 25.9 Å². The monoisotopic (exact) mass is 994 g/mol. The van der Waals surface area contributed by atoms with Gasteiger partial charge in [0.15, 0.2) is 11.6 Å². The van der Waals surface area contributed by atoms with Crippen molar-refractivity contribution >= 4 is 162 Å². The van der Waals surface area contributed by atoms with Gasteiger partial charge in [-0.2, -0.15) is 20.5 Å². The third kappa shape index (κ3) is 12.9. The number of nitrogens with one attached hydrogen (secondary N) is 4. The quantitative estimate of drug-likeness (QED) is 0.0630. The molecule has 0 aliphatic carbocycles. The van der Waals surface area contributed by atoms with Gasteiger partial charge in [0.1, 0.15) is 0 Å². The van der Waals surface area contributed by atoms with Crippen LogP contribution in [0.1, 0.15) is 34.6 Å². The van der Waals surface area contributed by atoms with E-state index in [1.165, 1.54) is 72.8 Å². The Morgan fingerprint density at radius 2 is 0.855 bits per heavy atom. The van der Waals surface area contributed by atoms with E-state index in [1.807, 2.05) is 0 Å². The first-order valence-corrected chi connectivity index (χ1v) is 20.4. The van der Waals surface area contributed by atoms with Crippen LogP contribution in [0, 0.1) is 0 Å². The first kappa shape index (κ1) is 47.9. The molecular weight excluding hydrogens is 972 g/mol. The summed E-state index contributed by atoms with van der Waals surface area (Å²) in [5.41, 5.74) is 0.495. The highest BCUT2D eigenvalue weighted by Gasteiger charge is 2.27. The van der Waals surface area contributed by atoms with Crippen molar-refractivity contribution < 1.29 is 28.8 Å². The Labute approximate surface area is 392 Å². The van der Waals surface area contributed by atoms with Crippen molar-refractivity contribution in [3.8, 4) is 0 Å². The zero-order valence-electron chi connectivity index (χ0n) is 31.5. The molecule has 2 unspecified atom stereocenters. The molecule has 14 nitrogen and oxygen atoms in total. The molecule has 5 aromatic rings. The van der Waals surface area contributed by atoms with Crippen molar-refractivity contribution in [3.63, 3.8) is 0 Å². The van der Waals surface area contributed by atoms with Gasteiger partial charge < -0.3 is 21.3 Å². The highest BCUT2D eigenvalue weighted by molar-refractivity contribution is 6.41. The fourth-order valence-corrected chi connectivity index (χ4v) is 6.87. The van der Waals surface area contributed by atoms with E-state index in [0.29, 0.717) is 10.0 Å². The van der Waals surface area contributed by atoms with Crippen molar-refractivity contribution in [2.24, 2.45) is 20.5 Å². The van der Waals surface area contributed by atoms with Crippen molar-refractivity contribution in [1.82, 2.24) is 0 Å². The summed E-state index contributed by atoms with van der Waals surface area (Å²) < 4.78 is 0. The van der Waals surface area contributed by atoms with Gasteiger partial charge in [-0.1, -0.05) is 92.8 Å². The van der Waals surface area contributed by atoms with Crippen LogP contribution in [0.4, 0.5) is 34.1 Å². The van der Waals surface area contributed by atoms with Gasteiger partial charge in [-0.25, -0.2) is 0 Å². The highest BCUT2D eigenvalue weighted by Crippen LogP contribution is 2.35. The van der Waals surface area contributed by atoms with Gasteiger partial charge in [0.05, 0.1) is 48.5 Å². The van der Waals surface area contributed by atoms with E-state index >= 15 is 0 Å². The SMILES string of the molecule is CC(=O)C(N=Nc1cc(Cl)cc(C(=O)Nc2cc(Cl)ccc2Cl)c1)C(=O)Nc1cc(Cl)c(NC(=O)C(N=Nc2cc(Cl)cc(C(=O)Nc3cc(Cl)ccc3Cl)c2)C(C)=O)c(Cl)c1. The van der Waals surface area contributed by atoms with E-state index in [2.05, 4.69) is 41.7 Å². The lowest BCUT2D eigenvalue weighted by Gasteiger charge is -2.15. The molecule has 0 fully saturated rings. The Hall–Kier alpha value is -5.16. The summed E-state index contributed by atoms with van der Waals surface area (Å²) >= 11 is 49.7. The standard InChI is InChI=1S/C40H26Cl8N8O6/c1-17(57)34(55-53-26-9-19(7-23(43)11-26)37(59)50-32-13-21(41)3-5-28(32)45)39(61)49-25-15-30(47)36(31(48)16-25)52-40(62)35(18(2)58)56-54-27-10-20(8-24(44)12-27)38(60)51-33-14-22(42)4-6-29(33)46/h3-16,34-35H,1-2H3,(H,49,61)(H,50,59)(H,51,60)(H,52,62). The number of carbonyl (C=O) groups is 6. The second kappa shape index (κ2) is 21.3. The fourth-order valence-electron chi connectivity index (χ4n) is 5.15. The Bertz CT molecular complexity index is 2690. The molecule has 0 spiro atoms. The molecular formula is C40H26Cl8N8O6. The van der Waals surface area contributed by atoms with E-state index in [4.69, 9.17) is 92.8 Å². The fraction of sp³-hybridized carbons (Fsp3) is 0.100. The van der Waals surface area contributed by atoms with Gasteiger partial charge in [0, 0.05) is 36.9 Å². The van der Waals surface area contributed by atoms with Crippen LogP contribution in [0.2, 0.25) is 40.2 Å². The number of azo groups is 2. The predicted octanol–water partition coefficient (Wildman–Crippen LogP) is 12.8. The minimum absolute atomic E-state index is 0.00734. The molecule has 0 heterocycles. The third-order valence-corrected chi connectivity index (χ3v) is 10.2. The van der Waals surface area contributed by atoms with Crippen LogP contribution >= 0.6 is 92.8 Å². The van der Waals surface area contributed by atoms with Crippen molar-refractivity contribution in [1.29, 1.82) is 0 Å². The zero-order valence-corrected chi connectivity index (χ0v) is 37.5. The van der Waals surface area contributed by atoms with Crippen LogP contribution in [0.5, 0.6) is 0 Å². The predicted molar refractivity (Wildman–Crippen MR) is 243 cm³/mol. The van der Waals surface area contributed by atoms with Gasteiger partial charge in [-0.3, -0.25) is 28.8 Å². The molecule has 0 bridgehead atoms. The lowest BCUT2D eigenvalue weighted by atomic mass is 10.1. The Kier molecular flexibility index (Phi) is 16.4. The number of hydrogen-bond acceptors (Lipinski definition) is 10. The van der Waals surface area contributed by atoms with Crippen LogP contribution in [0.15, 0.2) is 105 Å². The van der Waals surface area contributed by atoms with Crippen molar-refractivity contribution in [3.05, 3.63) is 136 Å². The van der Waals surface area contributed by atoms with Gasteiger partial charge in [-0.05, 0) is 98.8 Å². The minimum Gasteiger partial charge on any atom is -0.324 e. The van der Waals surface area contributed by atoms with Crippen LogP contribution in [-0.4, -0.2) is 47.3 Å². The molecule has 0 saturated carbocycles. The molecule has 318 valence electrons. The van der Waals surface area contributed by atoms with E-state index in [9.17, 15) is 28.8 Å². The second-order valence-corrected chi connectivity index (χ2v) is 16.2. The average Bonchev–Trinajstić information content (AvgIpc) is 3.18. The molecule has 0 aliphatic rings. The smallest absolute Gasteiger partial charge is 0.258 e. The second-order valence-electron chi connectivity index (χ2n) is 12.8. The molecule has 4 amide bonds. The molecule has 0 aromatic heterocycles. The topological polar surface area (TPSA) is 200 Å². The van der Waals surface area contributed by atoms with Crippen LogP contribution in [-0.2, 0) is 19.2 Å². The maximum absolute atomic E-state index is 13.3. The van der Waals surface area contributed by atoms with E-state index in [0.717, 1.165) is 13.8 Å². The number of ketones is 2. The number of Topliss-reactive ketones (excluding diaryl/α,β-unsaturated/α-hetero) is 2. The minimum atomic E-state index is -1.71. The van der Waals surface area contributed by atoms with Gasteiger partial charge >= 0.3 is 0 Å². The molecule has 62 heavy (non-hydrogen) atoms. The number of anilines is 4. The number of hydrogen-bond donors (Lipinski definition) is 4. The summed E-state index contributed by atoms with van der Waals surface area (Å²) in [6.45, 7) is 2.21. The number of rotatable bonds is 14. The molecule has 22 heteroatoms. The first-order valence-electron chi connectivity index (χ1n) is 17.3. The summed E-state index contributed by atoms with van der Waals surface area (Å²) in [4.78, 5) is 77.6. The summed E-state index contributed by atoms with van der Waals surface area (Å²) in [7, 11) is 0. The molecule has 2 atom stereocenters. The number of halogens is 8. The summed E-state index contributed by atoms with van der Waals surface area (Å²) in [5, 5.41) is 26.8.